The second kappa shape index (κ2) is 9.18. The number of ether oxygens (including phenoxy) is 2. The number of carbonyl (C=O) groups is 1. The normalized spacial score (nSPS) is 19.9. The second-order valence-electron chi connectivity index (χ2n) is 8.39. The molecular formula is C22H34N2O3. The van der Waals surface area contributed by atoms with Crippen LogP contribution in [0.25, 0.3) is 0 Å². The Labute approximate surface area is 163 Å². The summed E-state index contributed by atoms with van der Waals surface area (Å²) in [5.41, 5.74) is 3.43. The quantitative estimate of drug-likeness (QED) is 0.819. The van der Waals surface area contributed by atoms with Crippen LogP contribution in [0.2, 0.25) is 0 Å². The van der Waals surface area contributed by atoms with E-state index in [1.807, 2.05) is 0 Å². The number of nitrogens with zero attached hydrogens (tertiary/aromatic N) is 1. The van der Waals surface area contributed by atoms with Crippen LogP contribution in [0.15, 0.2) is 18.2 Å². The zero-order valence-electron chi connectivity index (χ0n) is 17.2. The molecule has 2 saturated heterocycles. The lowest BCUT2D eigenvalue weighted by Gasteiger charge is -2.33. The summed E-state index contributed by atoms with van der Waals surface area (Å²) in [5, 5.41) is 3.23. The number of benzene rings is 1. The van der Waals surface area contributed by atoms with Gasteiger partial charge in [-0.15, -0.1) is 0 Å². The standard InChI is InChI=1S/C22H34N2O3/c1-15(2)18-6-5-7-19(16(3)4)21(18)23-20(25)14-24-10-8-17(9-11-24)22-26-12-13-27-22/h5-7,15-17,22H,8-14H2,1-4H3,(H,23,25). The van der Waals surface area contributed by atoms with Crippen molar-refractivity contribution in [3.8, 4) is 0 Å². The number of hydrogen-bond donors (Lipinski definition) is 1. The molecule has 0 unspecified atom stereocenters. The van der Waals surface area contributed by atoms with Crippen molar-refractivity contribution < 1.29 is 14.3 Å². The van der Waals surface area contributed by atoms with Gasteiger partial charge in [0.2, 0.25) is 5.91 Å². The maximum Gasteiger partial charge on any atom is 0.238 e. The number of anilines is 1. The van der Waals surface area contributed by atoms with Gasteiger partial charge in [-0.25, -0.2) is 0 Å². The summed E-state index contributed by atoms with van der Waals surface area (Å²) in [6.45, 7) is 12.4. The van der Waals surface area contributed by atoms with Crippen molar-refractivity contribution in [1.29, 1.82) is 0 Å². The Hall–Kier alpha value is -1.43. The molecule has 2 aliphatic heterocycles. The van der Waals surface area contributed by atoms with Gasteiger partial charge in [0.05, 0.1) is 19.8 Å². The van der Waals surface area contributed by atoms with E-state index in [0.29, 0.717) is 37.5 Å². The molecule has 1 N–H and O–H groups in total. The first-order chi connectivity index (χ1) is 13.0. The maximum atomic E-state index is 12.8. The molecule has 2 aliphatic rings. The number of amides is 1. The number of hydrogen-bond acceptors (Lipinski definition) is 4. The molecule has 5 heteroatoms. The number of nitrogens with one attached hydrogen (secondary N) is 1. The molecule has 150 valence electrons. The maximum absolute atomic E-state index is 12.8. The summed E-state index contributed by atoms with van der Waals surface area (Å²) >= 11 is 0. The first-order valence-electron chi connectivity index (χ1n) is 10.3. The van der Waals surface area contributed by atoms with Crippen LogP contribution in [0.3, 0.4) is 0 Å². The van der Waals surface area contributed by atoms with E-state index in [1.165, 1.54) is 11.1 Å². The third-order valence-corrected chi connectivity index (χ3v) is 5.67. The largest absolute Gasteiger partial charge is 0.350 e. The highest BCUT2D eigenvalue weighted by Gasteiger charge is 2.31. The molecule has 27 heavy (non-hydrogen) atoms. The van der Waals surface area contributed by atoms with Crippen molar-refractivity contribution in [3.05, 3.63) is 29.3 Å². The van der Waals surface area contributed by atoms with Gasteiger partial charge in [-0.1, -0.05) is 45.9 Å². The van der Waals surface area contributed by atoms with E-state index >= 15 is 0 Å². The van der Waals surface area contributed by atoms with E-state index in [-0.39, 0.29) is 12.2 Å². The highest BCUT2D eigenvalue weighted by molar-refractivity contribution is 5.94. The molecule has 5 nitrogen and oxygen atoms in total. The lowest BCUT2D eigenvalue weighted by atomic mass is 9.92. The number of carbonyl (C=O) groups excluding carboxylic acids is 1. The van der Waals surface area contributed by atoms with Gasteiger partial charge in [0.25, 0.3) is 0 Å². The Morgan fingerprint density at radius 1 is 1.07 bits per heavy atom. The molecule has 1 aromatic rings. The van der Waals surface area contributed by atoms with E-state index in [9.17, 15) is 4.79 Å². The first kappa shape index (κ1) is 20.3. The Morgan fingerprint density at radius 2 is 1.63 bits per heavy atom. The van der Waals surface area contributed by atoms with Crippen LogP contribution in [-0.2, 0) is 14.3 Å². The minimum Gasteiger partial charge on any atom is -0.350 e. The van der Waals surface area contributed by atoms with Crippen LogP contribution in [0.4, 0.5) is 5.69 Å². The molecule has 0 radical (unpaired) electrons. The Balaban J connectivity index is 1.58. The monoisotopic (exact) mass is 374 g/mol. The van der Waals surface area contributed by atoms with Gasteiger partial charge in [-0.05, 0) is 48.9 Å². The lowest BCUT2D eigenvalue weighted by Crippen LogP contribution is -2.42. The number of likely N-dealkylation sites (tertiary alicyclic amines) is 1. The summed E-state index contributed by atoms with van der Waals surface area (Å²) < 4.78 is 11.3. The molecule has 2 heterocycles. The number of rotatable bonds is 6. The van der Waals surface area contributed by atoms with Gasteiger partial charge in [-0.3, -0.25) is 9.69 Å². The SMILES string of the molecule is CC(C)c1cccc(C(C)C)c1NC(=O)CN1CCC(C2OCCO2)CC1. The third-order valence-electron chi connectivity index (χ3n) is 5.67. The third kappa shape index (κ3) is 5.09. The predicted molar refractivity (Wildman–Crippen MR) is 108 cm³/mol. The Morgan fingerprint density at radius 3 is 2.15 bits per heavy atom. The molecule has 2 fully saturated rings. The summed E-state index contributed by atoms with van der Waals surface area (Å²) in [4.78, 5) is 15.0. The fourth-order valence-corrected chi connectivity index (χ4v) is 4.11. The summed E-state index contributed by atoms with van der Waals surface area (Å²) in [6.07, 6.45) is 2.02. The van der Waals surface area contributed by atoms with E-state index in [4.69, 9.17) is 9.47 Å². The van der Waals surface area contributed by atoms with Crippen LogP contribution < -0.4 is 5.32 Å². The minimum atomic E-state index is -0.0347. The molecule has 0 aromatic heterocycles. The topological polar surface area (TPSA) is 50.8 Å². The smallest absolute Gasteiger partial charge is 0.238 e. The molecule has 0 atom stereocenters. The van der Waals surface area contributed by atoms with Gasteiger partial charge in [0, 0.05) is 11.6 Å². The zero-order chi connectivity index (χ0) is 19.4. The van der Waals surface area contributed by atoms with Gasteiger partial charge < -0.3 is 14.8 Å². The molecular weight excluding hydrogens is 340 g/mol. The minimum absolute atomic E-state index is 0.0347. The second-order valence-corrected chi connectivity index (χ2v) is 8.39. The zero-order valence-corrected chi connectivity index (χ0v) is 17.2. The van der Waals surface area contributed by atoms with E-state index in [0.717, 1.165) is 31.6 Å². The van der Waals surface area contributed by atoms with Gasteiger partial charge in [0.1, 0.15) is 0 Å². The summed E-state index contributed by atoms with van der Waals surface area (Å²) in [5.74, 6) is 1.29. The molecule has 0 aliphatic carbocycles. The van der Waals surface area contributed by atoms with Gasteiger partial charge >= 0.3 is 0 Å². The average molecular weight is 375 g/mol. The van der Waals surface area contributed by atoms with E-state index in [1.54, 1.807) is 0 Å². The molecule has 1 aromatic carbocycles. The van der Waals surface area contributed by atoms with Crippen LogP contribution in [-0.4, -0.2) is 49.9 Å². The Bertz CT molecular complexity index is 604. The molecule has 3 rings (SSSR count). The van der Waals surface area contributed by atoms with Crippen molar-refractivity contribution in [2.45, 2.75) is 58.7 Å². The predicted octanol–water partition coefficient (Wildman–Crippen LogP) is 3.96. The fourth-order valence-electron chi connectivity index (χ4n) is 4.11. The first-order valence-corrected chi connectivity index (χ1v) is 10.3. The van der Waals surface area contributed by atoms with E-state index in [2.05, 4.69) is 56.1 Å². The summed E-state index contributed by atoms with van der Waals surface area (Å²) in [6, 6.07) is 6.34. The van der Waals surface area contributed by atoms with Crippen LogP contribution in [0.1, 0.15) is 63.5 Å². The highest BCUT2D eigenvalue weighted by atomic mass is 16.7. The van der Waals surface area contributed by atoms with Crippen molar-refractivity contribution in [2.75, 3.05) is 38.2 Å². The molecule has 0 spiro atoms. The van der Waals surface area contributed by atoms with Crippen LogP contribution >= 0.6 is 0 Å². The van der Waals surface area contributed by atoms with Crippen molar-refractivity contribution in [1.82, 2.24) is 4.90 Å². The van der Waals surface area contributed by atoms with Crippen molar-refractivity contribution in [2.24, 2.45) is 5.92 Å². The molecule has 1 amide bonds. The molecule has 0 saturated carbocycles. The van der Waals surface area contributed by atoms with Gasteiger partial charge in [-0.2, -0.15) is 0 Å². The number of para-hydroxylation sites is 1. The number of piperidine rings is 1. The average Bonchev–Trinajstić information content (AvgIpc) is 3.16. The highest BCUT2D eigenvalue weighted by Crippen LogP contribution is 2.32. The van der Waals surface area contributed by atoms with Crippen molar-refractivity contribution >= 4 is 11.6 Å². The summed E-state index contributed by atoms with van der Waals surface area (Å²) in [7, 11) is 0. The van der Waals surface area contributed by atoms with Gasteiger partial charge in [0.15, 0.2) is 6.29 Å². The fraction of sp³-hybridized carbons (Fsp3) is 0.682. The van der Waals surface area contributed by atoms with E-state index < -0.39 is 0 Å². The van der Waals surface area contributed by atoms with Crippen molar-refractivity contribution in [3.63, 3.8) is 0 Å². The van der Waals surface area contributed by atoms with Crippen LogP contribution in [0.5, 0.6) is 0 Å². The Kier molecular flexibility index (Phi) is 6.90. The molecule has 0 bridgehead atoms. The lowest BCUT2D eigenvalue weighted by molar-refractivity contribution is -0.119. The van der Waals surface area contributed by atoms with Crippen LogP contribution in [0, 0.1) is 5.92 Å².